The van der Waals surface area contributed by atoms with Gasteiger partial charge in [0.1, 0.15) is 47.1 Å². The average Bonchev–Trinajstić information content (AvgIpc) is 3.40. The van der Waals surface area contributed by atoms with Crippen molar-refractivity contribution in [1.82, 2.24) is 34.6 Å². The third kappa shape index (κ3) is 6.92. The molecule has 10 nitrogen and oxygen atoms in total. The topological polar surface area (TPSA) is 114 Å². The van der Waals surface area contributed by atoms with E-state index in [2.05, 4.69) is 20.3 Å². The lowest BCUT2D eigenvalue weighted by molar-refractivity contribution is 0.0754. The van der Waals surface area contributed by atoms with Gasteiger partial charge in [-0.15, -0.1) is 0 Å². The lowest BCUT2D eigenvalue weighted by Crippen LogP contribution is -2.36. The van der Waals surface area contributed by atoms with Crippen LogP contribution in [0.3, 0.4) is 0 Å². The Labute approximate surface area is 262 Å². The van der Waals surface area contributed by atoms with Gasteiger partial charge >= 0.3 is 0 Å². The average molecular weight is 637 g/mol. The second-order valence-corrected chi connectivity index (χ2v) is 11.0. The number of hydrogen-bond acceptors (Lipinski definition) is 9. The van der Waals surface area contributed by atoms with Gasteiger partial charge in [0.15, 0.2) is 5.82 Å². The number of anilines is 2. The summed E-state index contributed by atoms with van der Waals surface area (Å²) in [6.07, 6.45) is 2.29. The monoisotopic (exact) mass is 636 g/mol. The molecular weight excluding hydrogens is 604 g/mol. The van der Waals surface area contributed by atoms with Crippen molar-refractivity contribution in [3.63, 3.8) is 0 Å². The van der Waals surface area contributed by atoms with E-state index >= 15 is 8.78 Å². The first-order chi connectivity index (χ1) is 22.3. The maximum absolute atomic E-state index is 15.0. The van der Waals surface area contributed by atoms with Crippen molar-refractivity contribution in [2.75, 3.05) is 38.2 Å². The van der Waals surface area contributed by atoms with E-state index in [1.807, 2.05) is 12.1 Å². The van der Waals surface area contributed by atoms with Crippen LogP contribution in [0.5, 0.6) is 5.75 Å². The number of nitrogens with one attached hydrogen (secondary N) is 1. The molecule has 1 aliphatic heterocycles. The summed E-state index contributed by atoms with van der Waals surface area (Å²) in [7, 11) is 0. The molecule has 0 aliphatic carbocycles. The summed E-state index contributed by atoms with van der Waals surface area (Å²) in [5, 5.41) is 17.7. The summed E-state index contributed by atoms with van der Waals surface area (Å²) in [4.78, 5) is 19.9. The molecule has 2 aromatic carbocycles. The van der Waals surface area contributed by atoms with Gasteiger partial charge in [-0.3, -0.25) is 9.58 Å². The van der Waals surface area contributed by atoms with Gasteiger partial charge in [-0.1, -0.05) is 18.2 Å². The Balaban J connectivity index is 1.36. The molecule has 46 heavy (non-hydrogen) atoms. The molecule has 0 atom stereocenters. The number of fused-ring (bicyclic) bond motifs is 1. The summed E-state index contributed by atoms with van der Waals surface area (Å²) >= 11 is 0. The van der Waals surface area contributed by atoms with Crippen LogP contribution in [0.4, 0.5) is 29.2 Å². The van der Waals surface area contributed by atoms with Crippen molar-refractivity contribution in [3.05, 3.63) is 83.4 Å². The van der Waals surface area contributed by atoms with Gasteiger partial charge in [0.25, 0.3) is 6.43 Å². The first kappa shape index (κ1) is 31.3. The highest BCUT2D eigenvalue weighted by molar-refractivity contribution is 5.92. The maximum atomic E-state index is 15.0. The van der Waals surface area contributed by atoms with E-state index in [1.165, 1.54) is 4.68 Å². The first-order valence-corrected chi connectivity index (χ1v) is 14.9. The molecule has 6 rings (SSSR count). The van der Waals surface area contributed by atoms with Crippen molar-refractivity contribution in [2.24, 2.45) is 0 Å². The van der Waals surface area contributed by atoms with Crippen LogP contribution >= 0.6 is 0 Å². The van der Waals surface area contributed by atoms with Crippen LogP contribution in [-0.2, 0) is 6.54 Å². The molecule has 14 heteroatoms. The van der Waals surface area contributed by atoms with Gasteiger partial charge in [-0.2, -0.15) is 5.10 Å². The number of piperidine rings is 1. The van der Waals surface area contributed by atoms with Crippen LogP contribution in [0, 0.1) is 18.6 Å². The summed E-state index contributed by atoms with van der Waals surface area (Å²) in [6.45, 7) is 2.00. The Hall–Kier alpha value is -4.69. The molecule has 0 saturated carbocycles. The zero-order valence-electron chi connectivity index (χ0n) is 25.0. The zero-order valence-corrected chi connectivity index (χ0v) is 25.0. The number of aliphatic hydroxyl groups is 1. The Morgan fingerprint density at radius 1 is 1.04 bits per heavy atom. The van der Waals surface area contributed by atoms with Crippen LogP contribution in [0.25, 0.3) is 22.4 Å². The van der Waals surface area contributed by atoms with Crippen molar-refractivity contribution in [1.29, 1.82) is 0 Å². The molecule has 0 bridgehead atoms. The minimum atomic E-state index is -2.38. The van der Waals surface area contributed by atoms with E-state index in [4.69, 9.17) is 19.9 Å². The number of hydrogen-bond donors (Lipinski definition) is 2. The molecular formula is C32H32F4N8O2. The summed E-state index contributed by atoms with van der Waals surface area (Å²) < 4.78 is 62.7. The molecule has 3 aromatic heterocycles. The summed E-state index contributed by atoms with van der Waals surface area (Å²) in [5.41, 5.74) is 1.66. The van der Waals surface area contributed by atoms with Crippen molar-refractivity contribution in [3.8, 4) is 17.3 Å². The highest BCUT2D eigenvalue weighted by Gasteiger charge is 2.27. The number of aliphatic hydroxyl groups excluding tert-OH is 1. The van der Waals surface area contributed by atoms with E-state index in [-0.39, 0.29) is 49.4 Å². The minimum absolute atomic E-state index is 0.0223. The summed E-state index contributed by atoms with van der Waals surface area (Å²) in [5.74, 6) is 0.283. The molecule has 5 aromatic rings. The predicted molar refractivity (Wildman–Crippen MR) is 163 cm³/mol. The number of rotatable bonds is 11. The summed E-state index contributed by atoms with van der Waals surface area (Å²) in [6, 6.07) is 11.1. The molecule has 1 aliphatic rings. The van der Waals surface area contributed by atoms with Crippen LogP contribution in [0.2, 0.25) is 0 Å². The van der Waals surface area contributed by atoms with Crippen molar-refractivity contribution < 1.29 is 27.4 Å². The molecule has 0 spiro atoms. The third-order valence-corrected chi connectivity index (χ3v) is 7.92. The molecule has 4 heterocycles. The third-order valence-electron chi connectivity index (χ3n) is 7.92. The Morgan fingerprint density at radius 2 is 1.80 bits per heavy atom. The van der Waals surface area contributed by atoms with Crippen LogP contribution in [0.15, 0.2) is 54.9 Å². The van der Waals surface area contributed by atoms with Gasteiger partial charge in [-0.05, 0) is 50.9 Å². The van der Waals surface area contributed by atoms with E-state index in [0.29, 0.717) is 60.0 Å². The molecule has 240 valence electrons. The van der Waals surface area contributed by atoms with Gasteiger partial charge in [0, 0.05) is 41.0 Å². The standard InChI is InChI=1S/C32H32F4N8O2/c1-19-37-9-6-29(39-19)40-31-23(20-7-10-43(11-8-20)18-28(35)36)16-38-32(41-31)30-22-4-2-3-5-27(22)44(42-30)17-24-25(33)14-21(15-26(24)34)46-13-12-45/h2-6,9,14-16,20,28,45H,7-8,10-13,17-18H2,1H3,(H,37,38,39,40,41). The molecule has 2 N–H and O–H groups in total. The molecule has 1 fully saturated rings. The van der Waals surface area contributed by atoms with Gasteiger partial charge in [-0.25, -0.2) is 37.5 Å². The number of alkyl halides is 2. The zero-order chi connectivity index (χ0) is 32.2. The quantitative estimate of drug-likeness (QED) is 0.182. The lowest BCUT2D eigenvalue weighted by Gasteiger charge is -2.32. The minimum Gasteiger partial charge on any atom is -0.491 e. The number of aryl methyl sites for hydroxylation is 1. The van der Waals surface area contributed by atoms with Crippen LogP contribution in [-0.4, -0.2) is 79.0 Å². The molecule has 0 amide bonds. The number of para-hydroxylation sites is 1. The Morgan fingerprint density at radius 3 is 2.52 bits per heavy atom. The van der Waals surface area contributed by atoms with E-state index < -0.39 is 18.1 Å². The largest absolute Gasteiger partial charge is 0.491 e. The smallest absolute Gasteiger partial charge is 0.251 e. The fourth-order valence-corrected chi connectivity index (χ4v) is 5.71. The fourth-order valence-electron chi connectivity index (χ4n) is 5.71. The molecule has 0 radical (unpaired) electrons. The van der Waals surface area contributed by atoms with E-state index in [9.17, 15) is 8.78 Å². The number of aromatic nitrogens is 6. The number of nitrogens with zero attached hydrogens (tertiary/aromatic N) is 7. The SMILES string of the molecule is Cc1nccc(Nc2nc(-c3nn(Cc4c(F)cc(OCCO)cc4F)c4ccccc34)ncc2C2CCN(CC(F)F)CC2)n1. The van der Waals surface area contributed by atoms with Crippen LogP contribution in [0.1, 0.15) is 35.7 Å². The maximum Gasteiger partial charge on any atom is 0.251 e. The number of likely N-dealkylation sites (tertiary alicyclic amines) is 1. The van der Waals surface area contributed by atoms with Gasteiger partial charge in [0.2, 0.25) is 0 Å². The van der Waals surface area contributed by atoms with Crippen molar-refractivity contribution >= 4 is 22.5 Å². The number of ether oxygens (including phenoxy) is 1. The molecule has 0 unspecified atom stereocenters. The number of halogens is 4. The second kappa shape index (κ2) is 13.7. The normalized spacial score (nSPS) is 14.3. The van der Waals surface area contributed by atoms with Gasteiger partial charge in [0.05, 0.1) is 25.2 Å². The number of benzene rings is 2. The first-order valence-electron chi connectivity index (χ1n) is 14.9. The lowest BCUT2D eigenvalue weighted by atomic mass is 9.90. The second-order valence-electron chi connectivity index (χ2n) is 11.0. The highest BCUT2D eigenvalue weighted by atomic mass is 19.3. The Kier molecular flexibility index (Phi) is 9.35. The van der Waals surface area contributed by atoms with Crippen LogP contribution < -0.4 is 10.1 Å². The van der Waals surface area contributed by atoms with Gasteiger partial charge < -0.3 is 15.2 Å². The predicted octanol–water partition coefficient (Wildman–Crippen LogP) is 5.48. The Bertz CT molecular complexity index is 1800. The van der Waals surface area contributed by atoms with Crippen molar-refractivity contribution in [2.45, 2.75) is 38.7 Å². The molecule has 1 saturated heterocycles. The fraction of sp³-hybridized carbons (Fsp3) is 0.344. The van der Waals surface area contributed by atoms with E-state index in [0.717, 1.165) is 17.7 Å². The highest BCUT2D eigenvalue weighted by Crippen LogP contribution is 2.35. The van der Waals surface area contributed by atoms with E-state index in [1.54, 1.807) is 42.4 Å².